The van der Waals surface area contributed by atoms with E-state index in [1.807, 2.05) is 18.2 Å². The van der Waals surface area contributed by atoms with Crippen LogP contribution in [0.4, 0.5) is 0 Å². The Morgan fingerprint density at radius 1 is 0.806 bits per heavy atom. The number of carbonyl (C=O) groups excluding carboxylic acids is 1. The van der Waals surface area contributed by atoms with E-state index < -0.39 is 0 Å². The van der Waals surface area contributed by atoms with Crippen LogP contribution in [0.1, 0.15) is 94.3 Å². The van der Waals surface area contributed by atoms with Crippen LogP contribution in [-0.2, 0) is 0 Å². The van der Waals surface area contributed by atoms with Gasteiger partial charge in [-0.15, -0.1) is 6.58 Å². The second-order valence-electron chi connectivity index (χ2n) is 9.96. The van der Waals surface area contributed by atoms with Crippen molar-refractivity contribution in [1.29, 1.82) is 0 Å². The number of hydrogen-bond acceptors (Lipinski definition) is 4. The predicted molar refractivity (Wildman–Crippen MR) is 147 cm³/mol. The van der Waals surface area contributed by atoms with E-state index in [0.717, 1.165) is 49.2 Å². The lowest BCUT2D eigenvalue weighted by Crippen LogP contribution is -2.20. The van der Waals surface area contributed by atoms with Crippen LogP contribution in [-0.4, -0.2) is 19.2 Å². The smallest absolute Gasteiger partial charge is 0.343 e. The first-order chi connectivity index (χ1) is 17.7. The summed E-state index contributed by atoms with van der Waals surface area (Å²) in [5.41, 5.74) is 0.490. The molecular formula is C32H44O4. The Balaban J connectivity index is 1.37. The van der Waals surface area contributed by atoms with E-state index in [1.54, 1.807) is 36.4 Å². The summed E-state index contributed by atoms with van der Waals surface area (Å²) in [7, 11) is 0. The molecule has 2 unspecified atom stereocenters. The van der Waals surface area contributed by atoms with E-state index in [0.29, 0.717) is 17.9 Å². The van der Waals surface area contributed by atoms with Crippen molar-refractivity contribution >= 4 is 5.97 Å². The SMILES string of the molecule is C=CCCCOc1ccc(C(=O)Oc2ccc(OCCCC3CCCCC3CCCCC)cc2)cc1. The Kier molecular flexibility index (Phi) is 12.4. The first kappa shape index (κ1) is 27.8. The van der Waals surface area contributed by atoms with Gasteiger partial charge in [-0.1, -0.05) is 64.4 Å². The van der Waals surface area contributed by atoms with Crippen LogP contribution >= 0.6 is 0 Å². The van der Waals surface area contributed by atoms with Crippen LogP contribution < -0.4 is 14.2 Å². The van der Waals surface area contributed by atoms with Gasteiger partial charge in [0.2, 0.25) is 0 Å². The highest BCUT2D eigenvalue weighted by atomic mass is 16.5. The van der Waals surface area contributed by atoms with Crippen LogP contribution in [0.2, 0.25) is 0 Å². The molecule has 0 aromatic heterocycles. The van der Waals surface area contributed by atoms with Crippen molar-refractivity contribution in [3.05, 3.63) is 66.7 Å². The van der Waals surface area contributed by atoms with Crippen molar-refractivity contribution in [3.8, 4) is 17.2 Å². The first-order valence-corrected chi connectivity index (χ1v) is 14.0. The molecule has 0 saturated heterocycles. The largest absolute Gasteiger partial charge is 0.494 e. The van der Waals surface area contributed by atoms with E-state index in [-0.39, 0.29) is 5.97 Å². The molecular weight excluding hydrogens is 448 g/mol. The number of hydrogen-bond donors (Lipinski definition) is 0. The lowest BCUT2D eigenvalue weighted by Gasteiger charge is -2.31. The molecule has 1 aliphatic rings. The molecule has 4 nitrogen and oxygen atoms in total. The Morgan fingerprint density at radius 3 is 1.97 bits per heavy atom. The van der Waals surface area contributed by atoms with Crippen LogP contribution in [0.5, 0.6) is 17.2 Å². The molecule has 0 spiro atoms. The molecule has 2 atom stereocenters. The fourth-order valence-electron chi connectivity index (χ4n) is 5.11. The molecule has 0 amide bonds. The Morgan fingerprint density at radius 2 is 1.36 bits per heavy atom. The van der Waals surface area contributed by atoms with Gasteiger partial charge in [0.05, 0.1) is 18.8 Å². The molecule has 0 N–H and O–H groups in total. The highest BCUT2D eigenvalue weighted by Gasteiger charge is 2.24. The third kappa shape index (κ3) is 9.72. The van der Waals surface area contributed by atoms with E-state index in [9.17, 15) is 4.79 Å². The summed E-state index contributed by atoms with van der Waals surface area (Å²) in [4.78, 5) is 12.5. The van der Waals surface area contributed by atoms with Gasteiger partial charge < -0.3 is 14.2 Å². The maximum absolute atomic E-state index is 12.5. The highest BCUT2D eigenvalue weighted by molar-refractivity contribution is 5.91. The van der Waals surface area contributed by atoms with Gasteiger partial charge in [0.1, 0.15) is 17.2 Å². The summed E-state index contributed by atoms with van der Waals surface area (Å²) < 4.78 is 17.2. The van der Waals surface area contributed by atoms with Crippen molar-refractivity contribution in [2.24, 2.45) is 11.8 Å². The molecule has 3 rings (SSSR count). The van der Waals surface area contributed by atoms with Gasteiger partial charge in [0.25, 0.3) is 0 Å². The van der Waals surface area contributed by atoms with Crippen LogP contribution in [0, 0.1) is 11.8 Å². The fourth-order valence-corrected chi connectivity index (χ4v) is 5.11. The summed E-state index contributed by atoms with van der Waals surface area (Å²) in [6.45, 7) is 7.36. The van der Waals surface area contributed by atoms with Crippen molar-refractivity contribution in [2.75, 3.05) is 13.2 Å². The number of ether oxygens (including phenoxy) is 3. The molecule has 0 aliphatic heterocycles. The quantitative estimate of drug-likeness (QED) is 0.102. The average molecular weight is 493 g/mol. The zero-order valence-electron chi connectivity index (χ0n) is 22.1. The van der Waals surface area contributed by atoms with Gasteiger partial charge in [-0.25, -0.2) is 4.79 Å². The van der Waals surface area contributed by atoms with Crippen LogP contribution in [0.25, 0.3) is 0 Å². The Labute approximate surface area is 218 Å². The number of unbranched alkanes of at least 4 members (excludes halogenated alkanes) is 3. The molecule has 1 aliphatic carbocycles. The number of carbonyl (C=O) groups is 1. The molecule has 0 heterocycles. The molecule has 196 valence electrons. The summed E-state index contributed by atoms with van der Waals surface area (Å²) in [6, 6.07) is 14.4. The predicted octanol–water partition coefficient (Wildman–Crippen LogP) is 8.80. The minimum absolute atomic E-state index is 0.386. The Hall–Kier alpha value is -2.75. The topological polar surface area (TPSA) is 44.8 Å². The number of esters is 1. The van der Waals surface area contributed by atoms with E-state index >= 15 is 0 Å². The molecule has 2 aromatic carbocycles. The van der Waals surface area contributed by atoms with Gasteiger partial charge in [-0.3, -0.25) is 0 Å². The van der Waals surface area contributed by atoms with E-state index in [4.69, 9.17) is 14.2 Å². The number of benzene rings is 2. The molecule has 2 aromatic rings. The first-order valence-electron chi connectivity index (χ1n) is 14.0. The zero-order chi connectivity index (χ0) is 25.4. The van der Waals surface area contributed by atoms with Crippen molar-refractivity contribution in [1.82, 2.24) is 0 Å². The van der Waals surface area contributed by atoms with Gasteiger partial charge in [-0.05, 0) is 86.1 Å². The maximum Gasteiger partial charge on any atom is 0.343 e. The second kappa shape index (κ2) is 16.1. The summed E-state index contributed by atoms with van der Waals surface area (Å²) in [6.07, 6.45) is 17.2. The molecule has 36 heavy (non-hydrogen) atoms. The van der Waals surface area contributed by atoms with Gasteiger partial charge in [0, 0.05) is 0 Å². The van der Waals surface area contributed by atoms with E-state index in [2.05, 4.69) is 13.5 Å². The summed E-state index contributed by atoms with van der Waals surface area (Å²) in [5, 5.41) is 0. The maximum atomic E-state index is 12.5. The molecule has 0 bridgehead atoms. The number of allylic oxidation sites excluding steroid dienone is 1. The summed E-state index contributed by atoms with van der Waals surface area (Å²) in [5.74, 6) is 3.48. The van der Waals surface area contributed by atoms with Gasteiger partial charge in [-0.2, -0.15) is 0 Å². The van der Waals surface area contributed by atoms with Crippen LogP contribution in [0.3, 0.4) is 0 Å². The molecule has 0 radical (unpaired) electrons. The molecule has 1 fully saturated rings. The van der Waals surface area contributed by atoms with Gasteiger partial charge >= 0.3 is 5.97 Å². The van der Waals surface area contributed by atoms with Crippen LogP contribution in [0.15, 0.2) is 61.2 Å². The number of rotatable bonds is 16. The van der Waals surface area contributed by atoms with Crippen molar-refractivity contribution in [2.45, 2.75) is 84.0 Å². The normalized spacial score (nSPS) is 17.4. The van der Waals surface area contributed by atoms with Crippen molar-refractivity contribution < 1.29 is 19.0 Å². The van der Waals surface area contributed by atoms with Gasteiger partial charge in [0.15, 0.2) is 0 Å². The highest BCUT2D eigenvalue weighted by Crippen LogP contribution is 2.36. The van der Waals surface area contributed by atoms with Crippen molar-refractivity contribution in [3.63, 3.8) is 0 Å². The Bertz CT molecular complexity index is 887. The molecule has 4 heteroatoms. The molecule has 1 saturated carbocycles. The minimum Gasteiger partial charge on any atom is -0.494 e. The third-order valence-corrected chi connectivity index (χ3v) is 7.18. The minimum atomic E-state index is -0.386. The fraction of sp³-hybridized carbons (Fsp3) is 0.531. The zero-order valence-corrected chi connectivity index (χ0v) is 22.1. The monoisotopic (exact) mass is 492 g/mol. The average Bonchev–Trinajstić information content (AvgIpc) is 2.91. The summed E-state index contributed by atoms with van der Waals surface area (Å²) >= 11 is 0. The van der Waals surface area contributed by atoms with E-state index in [1.165, 1.54) is 57.8 Å². The third-order valence-electron chi connectivity index (χ3n) is 7.18. The second-order valence-corrected chi connectivity index (χ2v) is 9.96. The standard InChI is InChI=1S/C32H44O4/c1-3-5-7-12-26-13-8-9-14-27(26)15-11-25-35-30-20-22-31(23-21-30)36-32(33)28-16-18-29(19-17-28)34-24-10-6-4-2/h4,16-23,26-27H,2-3,5-15,24-25H2,1H3. The lowest BCUT2D eigenvalue weighted by molar-refractivity contribution is 0.0734. The lowest BCUT2D eigenvalue weighted by atomic mass is 9.74.